The van der Waals surface area contributed by atoms with Crippen molar-refractivity contribution in [1.82, 2.24) is 20.0 Å². The Morgan fingerprint density at radius 1 is 1.04 bits per heavy atom. The van der Waals surface area contributed by atoms with E-state index in [4.69, 9.17) is 4.74 Å². The minimum Gasteiger partial charge on any atom is -0.378 e. The average Bonchev–Trinajstić information content (AvgIpc) is 2.71. The Labute approximate surface area is 165 Å². The number of benzene rings is 1. The average molecular weight is 392 g/mol. The quantitative estimate of drug-likeness (QED) is 0.751. The molecular formula is C20H29FN4O3. The molecule has 0 bridgehead atoms. The van der Waals surface area contributed by atoms with Gasteiger partial charge in [-0.05, 0) is 24.1 Å². The number of carbonyl (C=O) groups excluding carboxylic acids is 2. The second kappa shape index (κ2) is 9.95. The maximum absolute atomic E-state index is 13.6. The van der Waals surface area contributed by atoms with Crippen LogP contribution in [-0.2, 0) is 20.9 Å². The van der Waals surface area contributed by atoms with Gasteiger partial charge >= 0.3 is 0 Å². The van der Waals surface area contributed by atoms with Crippen LogP contribution in [0.25, 0.3) is 0 Å². The zero-order valence-corrected chi connectivity index (χ0v) is 16.5. The number of morpholine rings is 1. The molecule has 3 rings (SSSR count). The number of hydrogen-bond acceptors (Lipinski definition) is 5. The molecule has 28 heavy (non-hydrogen) atoms. The molecule has 8 heteroatoms. The van der Waals surface area contributed by atoms with Crippen LogP contribution >= 0.6 is 0 Å². The van der Waals surface area contributed by atoms with E-state index in [0.717, 1.165) is 31.7 Å². The highest BCUT2D eigenvalue weighted by atomic mass is 19.1. The fourth-order valence-corrected chi connectivity index (χ4v) is 3.42. The van der Waals surface area contributed by atoms with E-state index >= 15 is 0 Å². The maximum atomic E-state index is 13.6. The molecule has 0 spiro atoms. The highest BCUT2D eigenvalue weighted by Crippen LogP contribution is 2.09. The van der Waals surface area contributed by atoms with Gasteiger partial charge in [-0.1, -0.05) is 12.1 Å². The maximum Gasteiger partial charge on any atom is 0.236 e. The first-order valence-electron chi connectivity index (χ1n) is 9.83. The van der Waals surface area contributed by atoms with Crippen LogP contribution in [0, 0.1) is 12.7 Å². The van der Waals surface area contributed by atoms with Gasteiger partial charge < -0.3 is 15.0 Å². The van der Waals surface area contributed by atoms with Crippen molar-refractivity contribution < 1.29 is 18.7 Å². The Balaban J connectivity index is 1.34. The zero-order valence-electron chi connectivity index (χ0n) is 16.5. The van der Waals surface area contributed by atoms with E-state index in [1.54, 1.807) is 13.0 Å². The van der Waals surface area contributed by atoms with Crippen molar-refractivity contribution in [2.45, 2.75) is 13.5 Å². The third-order valence-electron chi connectivity index (χ3n) is 5.28. The second-order valence-electron chi connectivity index (χ2n) is 7.41. The van der Waals surface area contributed by atoms with Gasteiger partial charge in [-0.2, -0.15) is 0 Å². The lowest BCUT2D eigenvalue weighted by Gasteiger charge is -2.35. The Kier molecular flexibility index (Phi) is 7.36. The number of carbonyl (C=O) groups is 2. The predicted molar refractivity (Wildman–Crippen MR) is 103 cm³/mol. The summed E-state index contributed by atoms with van der Waals surface area (Å²) in [5.41, 5.74) is 1.35. The molecular weight excluding hydrogens is 363 g/mol. The summed E-state index contributed by atoms with van der Waals surface area (Å²) in [4.78, 5) is 30.6. The number of halogens is 1. The minimum absolute atomic E-state index is 0.0705. The monoisotopic (exact) mass is 392 g/mol. The van der Waals surface area contributed by atoms with E-state index in [1.807, 2.05) is 11.0 Å². The van der Waals surface area contributed by atoms with Crippen molar-refractivity contribution in [3.63, 3.8) is 0 Å². The highest BCUT2D eigenvalue weighted by molar-refractivity contribution is 5.78. The number of aryl methyl sites for hydroxylation is 1. The second-order valence-corrected chi connectivity index (χ2v) is 7.41. The third kappa shape index (κ3) is 5.98. The van der Waals surface area contributed by atoms with Gasteiger partial charge in [0.05, 0.1) is 26.3 Å². The van der Waals surface area contributed by atoms with Crippen LogP contribution in [0.5, 0.6) is 0 Å². The van der Waals surface area contributed by atoms with Gasteiger partial charge in [0.25, 0.3) is 0 Å². The molecule has 1 aromatic carbocycles. The molecule has 0 radical (unpaired) electrons. The van der Waals surface area contributed by atoms with Gasteiger partial charge in [-0.15, -0.1) is 0 Å². The van der Waals surface area contributed by atoms with Crippen molar-refractivity contribution >= 4 is 11.8 Å². The Morgan fingerprint density at radius 3 is 2.32 bits per heavy atom. The van der Waals surface area contributed by atoms with E-state index in [1.165, 1.54) is 6.07 Å². The molecule has 0 unspecified atom stereocenters. The van der Waals surface area contributed by atoms with Crippen LogP contribution in [0.3, 0.4) is 0 Å². The smallest absolute Gasteiger partial charge is 0.236 e. The number of amides is 2. The molecule has 2 aliphatic rings. The lowest BCUT2D eigenvalue weighted by atomic mass is 10.1. The van der Waals surface area contributed by atoms with Gasteiger partial charge in [0.1, 0.15) is 5.82 Å². The standard InChI is InChI=1S/C20H29FN4O3/c1-16-2-3-17(12-18(16)21)13-22-19(26)14-23-4-6-24(7-5-23)15-20(27)25-8-10-28-11-9-25/h2-3,12H,4-11,13-15H2,1H3,(H,22,26). The van der Waals surface area contributed by atoms with Gasteiger partial charge in [-0.25, -0.2) is 4.39 Å². The van der Waals surface area contributed by atoms with Crippen molar-refractivity contribution in [3.05, 3.63) is 35.1 Å². The van der Waals surface area contributed by atoms with Gasteiger partial charge in [0.2, 0.25) is 11.8 Å². The van der Waals surface area contributed by atoms with Crippen LogP contribution in [0.15, 0.2) is 18.2 Å². The first-order valence-corrected chi connectivity index (χ1v) is 9.83. The molecule has 2 heterocycles. The van der Waals surface area contributed by atoms with Crippen molar-refractivity contribution in [3.8, 4) is 0 Å². The fraction of sp³-hybridized carbons (Fsp3) is 0.600. The molecule has 0 aliphatic carbocycles. The summed E-state index contributed by atoms with van der Waals surface area (Å²) in [7, 11) is 0. The number of ether oxygens (including phenoxy) is 1. The van der Waals surface area contributed by atoms with Crippen molar-refractivity contribution in [2.24, 2.45) is 0 Å². The lowest BCUT2D eigenvalue weighted by molar-refractivity contribution is -0.137. The van der Waals surface area contributed by atoms with Crippen molar-refractivity contribution in [2.75, 3.05) is 65.6 Å². The van der Waals surface area contributed by atoms with E-state index in [-0.39, 0.29) is 17.6 Å². The summed E-state index contributed by atoms with van der Waals surface area (Å²) >= 11 is 0. The summed E-state index contributed by atoms with van der Waals surface area (Å²) < 4.78 is 18.8. The molecule has 0 saturated carbocycles. The third-order valence-corrected chi connectivity index (χ3v) is 5.28. The SMILES string of the molecule is Cc1ccc(CNC(=O)CN2CCN(CC(=O)N3CCOCC3)CC2)cc1F. The fourth-order valence-electron chi connectivity index (χ4n) is 3.42. The Bertz CT molecular complexity index is 686. The van der Waals surface area contributed by atoms with Crippen LogP contribution < -0.4 is 5.32 Å². The molecule has 0 aromatic heterocycles. The first kappa shape index (κ1) is 20.7. The van der Waals surface area contributed by atoms with E-state index < -0.39 is 0 Å². The topological polar surface area (TPSA) is 65.1 Å². The van der Waals surface area contributed by atoms with E-state index in [2.05, 4.69) is 15.1 Å². The molecule has 2 aliphatic heterocycles. The molecule has 0 atom stereocenters. The summed E-state index contributed by atoms with van der Waals surface area (Å²) in [6, 6.07) is 5.00. The molecule has 154 valence electrons. The lowest BCUT2D eigenvalue weighted by Crippen LogP contribution is -2.52. The molecule has 2 amide bonds. The normalized spacial score (nSPS) is 18.9. The summed E-state index contributed by atoms with van der Waals surface area (Å²) in [6.07, 6.45) is 0. The molecule has 2 fully saturated rings. The van der Waals surface area contributed by atoms with E-state index in [9.17, 15) is 14.0 Å². The summed E-state index contributed by atoms with van der Waals surface area (Å²) in [5.74, 6) is -0.173. The van der Waals surface area contributed by atoms with Crippen LogP contribution in [0.2, 0.25) is 0 Å². The molecule has 1 N–H and O–H groups in total. The number of rotatable bonds is 6. The number of nitrogens with zero attached hydrogens (tertiary/aromatic N) is 3. The molecule has 7 nitrogen and oxygen atoms in total. The summed E-state index contributed by atoms with van der Waals surface area (Å²) in [6.45, 7) is 8.40. The van der Waals surface area contributed by atoms with Gasteiger partial charge in [-0.3, -0.25) is 19.4 Å². The van der Waals surface area contributed by atoms with Crippen molar-refractivity contribution in [1.29, 1.82) is 0 Å². The molecule has 1 aromatic rings. The zero-order chi connectivity index (χ0) is 19.9. The van der Waals surface area contributed by atoms with Crippen LogP contribution in [0.4, 0.5) is 4.39 Å². The van der Waals surface area contributed by atoms with Crippen LogP contribution in [-0.4, -0.2) is 92.1 Å². The number of hydrogen-bond donors (Lipinski definition) is 1. The Hall–Kier alpha value is -2.03. The number of nitrogens with one attached hydrogen (secondary N) is 1. The Morgan fingerprint density at radius 2 is 1.68 bits per heavy atom. The first-order chi connectivity index (χ1) is 13.5. The van der Waals surface area contributed by atoms with E-state index in [0.29, 0.717) is 51.5 Å². The van der Waals surface area contributed by atoms with Gasteiger partial charge in [0, 0.05) is 45.8 Å². The minimum atomic E-state index is -0.255. The largest absolute Gasteiger partial charge is 0.378 e. The number of piperazine rings is 1. The predicted octanol–water partition coefficient (Wildman–Crippen LogP) is 0.227. The summed E-state index contributed by atoms with van der Waals surface area (Å²) in [5, 5.41) is 2.85. The van der Waals surface area contributed by atoms with Crippen LogP contribution in [0.1, 0.15) is 11.1 Å². The highest BCUT2D eigenvalue weighted by Gasteiger charge is 2.23. The van der Waals surface area contributed by atoms with Gasteiger partial charge in [0.15, 0.2) is 0 Å². The molecule has 2 saturated heterocycles.